The van der Waals surface area contributed by atoms with Crippen LogP contribution in [0.3, 0.4) is 0 Å². The van der Waals surface area contributed by atoms with Gasteiger partial charge in [0.05, 0.1) is 10.0 Å². The second kappa shape index (κ2) is 16.2. The Kier molecular flexibility index (Phi) is 15.0. The maximum absolute atomic E-state index is 12.3. The Labute approximate surface area is 210 Å². The summed E-state index contributed by atoms with van der Waals surface area (Å²) in [5, 5.41) is 0.886. The van der Waals surface area contributed by atoms with Gasteiger partial charge in [-0.1, -0.05) is 106 Å². The van der Waals surface area contributed by atoms with Gasteiger partial charge in [-0.2, -0.15) is 0 Å². The minimum Gasteiger partial charge on any atom is -0.423 e. The Morgan fingerprint density at radius 3 is 1.94 bits per heavy atom. The number of esters is 1. The van der Waals surface area contributed by atoms with Crippen LogP contribution in [0, 0.1) is 5.92 Å². The molecule has 0 aromatic heterocycles. The fourth-order valence-electron chi connectivity index (χ4n) is 4.16. The van der Waals surface area contributed by atoms with E-state index >= 15 is 0 Å². The molecule has 0 bridgehead atoms. The van der Waals surface area contributed by atoms with Gasteiger partial charge in [0.2, 0.25) is 0 Å². The maximum Gasteiger partial charge on any atom is 0.311 e. The van der Waals surface area contributed by atoms with Gasteiger partial charge >= 0.3 is 5.97 Å². The average molecular weight is 507 g/mol. The molecule has 0 amide bonds. The standard InChI is InChI=1S/C26H42Cl3NO2/c1-4-5-6-7-8-9-10-11-12-14-20(19-26(2,3)30)15-13-16-24(31)32-25-22(28)17-21(27)18-23(25)29/h17-18,20H,4-16,19,30H2,1-3H3. The third-order valence-electron chi connectivity index (χ3n) is 5.70. The SMILES string of the molecule is CCCCCCCCCCCC(CCCC(=O)Oc1c(Cl)cc(Cl)cc1Cl)CC(C)(C)N. The summed E-state index contributed by atoms with van der Waals surface area (Å²) >= 11 is 18.1. The van der Waals surface area contributed by atoms with Crippen LogP contribution in [0.1, 0.15) is 111 Å². The molecule has 0 saturated carbocycles. The number of ether oxygens (including phenoxy) is 1. The summed E-state index contributed by atoms with van der Waals surface area (Å²) in [6.45, 7) is 6.41. The van der Waals surface area contributed by atoms with Crippen LogP contribution in [0.15, 0.2) is 12.1 Å². The monoisotopic (exact) mass is 505 g/mol. The summed E-state index contributed by atoms with van der Waals surface area (Å²) in [4.78, 5) is 12.3. The molecule has 0 aliphatic rings. The molecule has 0 fully saturated rings. The smallest absolute Gasteiger partial charge is 0.311 e. The minimum absolute atomic E-state index is 0.178. The molecule has 1 aromatic rings. The molecule has 0 spiro atoms. The zero-order valence-corrected chi connectivity index (χ0v) is 22.4. The van der Waals surface area contributed by atoms with E-state index in [9.17, 15) is 4.79 Å². The fraction of sp³-hybridized carbons (Fsp3) is 0.731. The molecule has 0 saturated heterocycles. The van der Waals surface area contributed by atoms with Crippen molar-refractivity contribution in [1.29, 1.82) is 0 Å². The molecule has 0 heterocycles. The lowest BCUT2D eigenvalue weighted by Gasteiger charge is -2.26. The average Bonchev–Trinajstić information content (AvgIpc) is 2.68. The van der Waals surface area contributed by atoms with E-state index in [4.69, 9.17) is 45.3 Å². The second-order valence-corrected chi connectivity index (χ2v) is 11.0. The lowest BCUT2D eigenvalue weighted by atomic mass is 9.84. The first kappa shape index (κ1) is 29.6. The van der Waals surface area contributed by atoms with E-state index in [1.54, 1.807) is 0 Å². The molecule has 184 valence electrons. The number of nitrogens with two attached hydrogens (primary N) is 1. The van der Waals surface area contributed by atoms with E-state index in [1.807, 2.05) is 0 Å². The van der Waals surface area contributed by atoms with E-state index in [2.05, 4.69) is 20.8 Å². The van der Waals surface area contributed by atoms with Gasteiger partial charge in [-0.15, -0.1) is 0 Å². The number of halogens is 3. The maximum atomic E-state index is 12.3. The summed E-state index contributed by atoms with van der Waals surface area (Å²) in [7, 11) is 0. The van der Waals surface area contributed by atoms with E-state index < -0.39 is 0 Å². The predicted octanol–water partition coefficient (Wildman–Crippen LogP) is 9.39. The van der Waals surface area contributed by atoms with Gasteiger partial charge in [0.1, 0.15) is 0 Å². The summed E-state index contributed by atoms with van der Waals surface area (Å²) in [5.41, 5.74) is 6.09. The summed E-state index contributed by atoms with van der Waals surface area (Å²) in [5.74, 6) is 0.372. The van der Waals surface area contributed by atoms with Crippen molar-refractivity contribution in [3.8, 4) is 5.75 Å². The van der Waals surface area contributed by atoms with Crippen molar-refractivity contribution in [2.24, 2.45) is 11.7 Å². The van der Waals surface area contributed by atoms with Crippen molar-refractivity contribution in [1.82, 2.24) is 0 Å². The molecule has 2 N–H and O–H groups in total. The molecule has 0 aliphatic carbocycles. The van der Waals surface area contributed by atoms with Crippen molar-refractivity contribution < 1.29 is 9.53 Å². The highest BCUT2D eigenvalue weighted by Gasteiger charge is 2.20. The lowest BCUT2D eigenvalue weighted by molar-refractivity contribution is -0.134. The normalized spacial score (nSPS) is 12.7. The largest absolute Gasteiger partial charge is 0.423 e. The van der Waals surface area contributed by atoms with E-state index in [1.165, 1.54) is 76.3 Å². The molecule has 32 heavy (non-hydrogen) atoms. The molecular formula is C26H42Cl3NO2. The van der Waals surface area contributed by atoms with Crippen LogP contribution in [-0.4, -0.2) is 11.5 Å². The number of hydrogen-bond donors (Lipinski definition) is 1. The first-order valence-electron chi connectivity index (χ1n) is 12.3. The zero-order chi connectivity index (χ0) is 24.0. The van der Waals surface area contributed by atoms with Gasteiger partial charge in [0, 0.05) is 17.0 Å². The van der Waals surface area contributed by atoms with Gasteiger partial charge in [-0.3, -0.25) is 4.79 Å². The topological polar surface area (TPSA) is 52.3 Å². The van der Waals surface area contributed by atoms with Crippen molar-refractivity contribution in [2.45, 2.75) is 116 Å². The third-order valence-corrected chi connectivity index (χ3v) is 6.48. The Balaban J connectivity index is 2.35. The van der Waals surface area contributed by atoms with Crippen LogP contribution in [0.25, 0.3) is 0 Å². The first-order valence-corrected chi connectivity index (χ1v) is 13.4. The number of carbonyl (C=O) groups excluding carboxylic acids is 1. The van der Waals surface area contributed by atoms with Gasteiger partial charge in [0.15, 0.2) is 5.75 Å². The van der Waals surface area contributed by atoms with Crippen LogP contribution in [-0.2, 0) is 4.79 Å². The van der Waals surface area contributed by atoms with Crippen molar-refractivity contribution in [2.75, 3.05) is 0 Å². The number of unbranched alkanes of at least 4 members (excludes halogenated alkanes) is 8. The van der Waals surface area contributed by atoms with Crippen LogP contribution in [0.5, 0.6) is 5.75 Å². The van der Waals surface area contributed by atoms with Gasteiger partial charge in [0.25, 0.3) is 0 Å². The molecular weight excluding hydrogens is 465 g/mol. The van der Waals surface area contributed by atoms with Crippen molar-refractivity contribution >= 4 is 40.8 Å². The molecule has 6 heteroatoms. The predicted molar refractivity (Wildman–Crippen MR) is 139 cm³/mol. The van der Waals surface area contributed by atoms with E-state index in [0.717, 1.165) is 19.3 Å². The fourth-order valence-corrected chi connectivity index (χ4v) is 5.06. The van der Waals surface area contributed by atoms with Gasteiger partial charge in [-0.25, -0.2) is 0 Å². The lowest BCUT2D eigenvalue weighted by Crippen LogP contribution is -2.34. The van der Waals surface area contributed by atoms with Crippen LogP contribution < -0.4 is 10.5 Å². The zero-order valence-electron chi connectivity index (χ0n) is 20.2. The molecule has 1 rings (SSSR count). The van der Waals surface area contributed by atoms with E-state index in [-0.39, 0.29) is 27.3 Å². The Morgan fingerprint density at radius 2 is 1.41 bits per heavy atom. The molecule has 1 atom stereocenters. The first-order chi connectivity index (χ1) is 15.1. The van der Waals surface area contributed by atoms with Gasteiger partial charge < -0.3 is 10.5 Å². The second-order valence-electron chi connectivity index (χ2n) is 9.74. The molecule has 1 aromatic carbocycles. The van der Waals surface area contributed by atoms with Crippen molar-refractivity contribution in [3.63, 3.8) is 0 Å². The summed E-state index contributed by atoms with van der Waals surface area (Å²) in [6.07, 6.45) is 16.2. The van der Waals surface area contributed by atoms with E-state index in [0.29, 0.717) is 17.4 Å². The number of rotatable bonds is 17. The number of benzene rings is 1. The number of carbonyl (C=O) groups is 1. The molecule has 0 aliphatic heterocycles. The Morgan fingerprint density at radius 1 is 0.906 bits per heavy atom. The van der Waals surface area contributed by atoms with Crippen LogP contribution in [0.2, 0.25) is 15.1 Å². The molecule has 0 radical (unpaired) electrons. The number of hydrogen-bond acceptors (Lipinski definition) is 3. The highest BCUT2D eigenvalue weighted by molar-refractivity contribution is 6.40. The minimum atomic E-state index is -0.329. The third kappa shape index (κ3) is 13.9. The van der Waals surface area contributed by atoms with Gasteiger partial charge in [-0.05, 0) is 51.2 Å². The quantitative estimate of drug-likeness (QED) is 0.130. The summed E-state index contributed by atoms with van der Waals surface area (Å²) < 4.78 is 5.39. The van der Waals surface area contributed by atoms with Crippen molar-refractivity contribution in [3.05, 3.63) is 27.2 Å². The highest BCUT2D eigenvalue weighted by atomic mass is 35.5. The summed E-state index contributed by atoms with van der Waals surface area (Å²) in [6, 6.07) is 3.03. The Bertz CT molecular complexity index is 651. The molecule has 1 unspecified atom stereocenters. The highest BCUT2D eigenvalue weighted by Crippen LogP contribution is 2.36. The Hall–Kier alpha value is -0.480. The molecule has 3 nitrogen and oxygen atoms in total. The van der Waals surface area contributed by atoms with Crippen LogP contribution in [0.4, 0.5) is 0 Å². The van der Waals surface area contributed by atoms with Crippen LogP contribution >= 0.6 is 34.8 Å².